The maximum atomic E-state index is 9.84. The van der Waals surface area contributed by atoms with Crippen LogP contribution in [0.5, 0.6) is 0 Å². The maximum absolute atomic E-state index is 9.84. The van der Waals surface area contributed by atoms with Crippen LogP contribution in [0, 0.1) is 5.41 Å². The fourth-order valence-corrected chi connectivity index (χ4v) is 0.337. The molecule has 0 amide bonds. The molecule has 0 unspecified atom stereocenters. The third kappa shape index (κ3) is 1.69. The third-order valence-electron chi connectivity index (χ3n) is 0.448. The molecule has 0 saturated carbocycles. The Kier molecular flexibility index (Phi) is 2.78. The van der Waals surface area contributed by atoms with Gasteiger partial charge in [-0.05, 0) is 0 Å². The molecule has 0 rings (SSSR count). The Morgan fingerprint density at radius 2 is 2.25 bits per heavy atom. The van der Waals surface area contributed by atoms with E-state index in [2.05, 4.69) is 10.9 Å². The summed E-state index contributed by atoms with van der Waals surface area (Å²) >= 11 is 0. The lowest BCUT2D eigenvalue weighted by Gasteiger charge is -1.78. The lowest BCUT2D eigenvalue weighted by Crippen LogP contribution is -2.03. The number of hydrogen-bond acceptors (Lipinski definition) is 5. The smallest absolute Gasteiger partial charge is 0.189 e. The summed E-state index contributed by atoms with van der Waals surface area (Å²) in [5.74, 6) is 4.54. The Bertz CT molecular complexity index is 174. The summed E-state index contributed by atoms with van der Waals surface area (Å²) < 4.78 is 19.7. The summed E-state index contributed by atoms with van der Waals surface area (Å²) in [5.41, 5.74) is 0. The molecule has 8 heavy (non-hydrogen) atoms. The molecular weight excluding hydrogens is 130 g/mol. The van der Waals surface area contributed by atoms with Crippen LogP contribution in [0.3, 0.4) is 0 Å². The van der Waals surface area contributed by atoms with Gasteiger partial charge in [-0.2, -0.15) is 5.10 Å². The number of nitrogens with zero attached hydrogens (tertiary/aromatic N) is 1. The van der Waals surface area contributed by atoms with Crippen molar-refractivity contribution in [2.75, 3.05) is 0 Å². The first-order chi connectivity index (χ1) is 3.72. The van der Waals surface area contributed by atoms with E-state index in [0.29, 0.717) is 6.21 Å². The normalized spacial score (nSPS) is 11.9. The summed E-state index contributed by atoms with van der Waals surface area (Å²) in [6.07, 6.45) is 0.575. The molecule has 0 atom stereocenters. The Labute approximate surface area is 47.7 Å². The Morgan fingerprint density at radius 3 is 2.25 bits per heavy atom. The highest BCUT2D eigenvalue weighted by Gasteiger charge is 1.91. The monoisotopic (exact) mass is 135 g/mol. The van der Waals surface area contributed by atoms with E-state index in [1.165, 1.54) is 0 Å². The van der Waals surface area contributed by atoms with Gasteiger partial charge >= 0.3 is 0 Å². The Hall–Kier alpha value is -0.910. The van der Waals surface area contributed by atoms with Gasteiger partial charge in [0.1, 0.15) is 0 Å². The van der Waals surface area contributed by atoms with Crippen LogP contribution in [0.2, 0.25) is 0 Å². The lowest BCUT2D eigenvalue weighted by molar-refractivity contribution is 0.624. The number of nitrogens with one attached hydrogen (secondary N) is 1. The van der Waals surface area contributed by atoms with Crippen LogP contribution in [0.1, 0.15) is 0 Å². The van der Waals surface area contributed by atoms with Gasteiger partial charge in [-0.1, -0.05) is 0 Å². The van der Waals surface area contributed by atoms with Crippen molar-refractivity contribution < 1.29 is 8.42 Å². The van der Waals surface area contributed by atoms with Gasteiger partial charge in [-0.15, -0.1) is 0 Å². The Morgan fingerprint density at radius 1 is 1.75 bits per heavy atom. The van der Waals surface area contributed by atoms with Crippen LogP contribution in [0.4, 0.5) is 0 Å². The van der Waals surface area contributed by atoms with Crippen LogP contribution in [-0.2, 0) is 10.7 Å². The van der Waals surface area contributed by atoms with Gasteiger partial charge < -0.3 is 11.3 Å². The number of nitrogens with two attached hydrogens (primary N) is 1. The fraction of sp³-hybridized carbons (Fsp3) is 0. The molecule has 0 heterocycles. The molecular formula is C2H5N3O2S. The van der Waals surface area contributed by atoms with Crippen LogP contribution >= 0.6 is 0 Å². The van der Waals surface area contributed by atoms with Gasteiger partial charge in [0.2, 0.25) is 0 Å². The molecule has 0 saturated heterocycles. The molecule has 0 aromatic heterocycles. The summed E-state index contributed by atoms with van der Waals surface area (Å²) in [6.45, 7) is 0. The van der Waals surface area contributed by atoms with Gasteiger partial charge in [-0.3, -0.25) is 0 Å². The zero-order chi connectivity index (χ0) is 6.57. The van der Waals surface area contributed by atoms with E-state index in [4.69, 9.17) is 5.41 Å². The molecule has 3 N–H and O–H groups in total. The quantitative estimate of drug-likeness (QED) is 0.134. The van der Waals surface area contributed by atoms with E-state index in [0.717, 1.165) is 0 Å². The van der Waals surface area contributed by atoms with Gasteiger partial charge in [-0.25, -0.2) is 8.42 Å². The van der Waals surface area contributed by atoms with E-state index >= 15 is 0 Å². The largest absolute Gasteiger partial charge is 0.322 e. The minimum atomic E-state index is -2.78. The standard InChI is InChI=1S/C2H5N3O2S/c3-1-2(5-4)8(6)7/h1,3,8H,4H2/b3-1?,5-2+. The topological polar surface area (TPSA) is 96.4 Å². The Balaban J connectivity index is 4.37. The van der Waals surface area contributed by atoms with E-state index < -0.39 is 15.7 Å². The first kappa shape index (κ1) is 7.09. The molecule has 0 aromatic carbocycles. The second-order valence-corrected chi connectivity index (χ2v) is 1.86. The summed E-state index contributed by atoms with van der Waals surface area (Å²) in [6, 6.07) is 0. The first-order valence-corrected chi connectivity index (χ1v) is 2.83. The highest BCUT2D eigenvalue weighted by molar-refractivity contribution is 7.91. The lowest BCUT2D eigenvalue weighted by atomic mass is 10.8. The summed E-state index contributed by atoms with van der Waals surface area (Å²) in [7, 11) is -2.78. The zero-order valence-corrected chi connectivity index (χ0v) is 4.76. The number of rotatable bonds is 1. The van der Waals surface area contributed by atoms with E-state index in [9.17, 15) is 8.42 Å². The second kappa shape index (κ2) is 3.14. The van der Waals surface area contributed by atoms with Crippen LogP contribution in [0.15, 0.2) is 5.10 Å². The van der Waals surface area contributed by atoms with Gasteiger partial charge in [0.15, 0.2) is 15.7 Å². The number of hydrogen-bond donors (Lipinski definition) is 3. The van der Waals surface area contributed by atoms with Crippen molar-refractivity contribution in [2.24, 2.45) is 10.9 Å². The predicted octanol–water partition coefficient (Wildman–Crippen LogP) is -1.48. The number of thiol groups is 1. The highest BCUT2D eigenvalue weighted by atomic mass is 32.2. The maximum Gasteiger partial charge on any atom is 0.189 e. The van der Waals surface area contributed by atoms with E-state index in [1.54, 1.807) is 0 Å². The van der Waals surface area contributed by atoms with E-state index in [-0.39, 0.29) is 0 Å². The van der Waals surface area contributed by atoms with E-state index in [1.807, 2.05) is 0 Å². The van der Waals surface area contributed by atoms with Gasteiger partial charge in [0.25, 0.3) is 0 Å². The molecule has 0 spiro atoms. The fourth-order valence-electron chi connectivity index (χ4n) is 0.137. The van der Waals surface area contributed by atoms with Crippen molar-refractivity contribution >= 4 is 22.0 Å². The molecule has 46 valence electrons. The molecule has 6 heteroatoms. The van der Waals surface area contributed by atoms with Crippen molar-refractivity contribution in [3.05, 3.63) is 0 Å². The van der Waals surface area contributed by atoms with Crippen molar-refractivity contribution in [3.63, 3.8) is 0 Å². The molecule has 5 nitrogen and oxygen atoms in total. The van der Waals surface area contributed by atoms with Crippen molar-refractivity contribution in [2.45, 2.75) is 0 Å². The molecule has 0 aliphatic carbocycles. The van der Waals surface area contributed by atoms with Crippen LogP contribution in [0.25, 0.3) is 0 Å². The molecule has 0 aliphatic rings. The van der Waals surface area contributed by atoms with Crippen molar-refractivity contribution in [1.29, 1.82) is 5.41 Å². The second-order valence-electron chi connectivity index (χ2n) is 0.889. The minimum absolute atomic E-state index is 0.417. The van der Waals surface area contributed by atoms with Crippen molar-refractivity contribution in [1.82, 2.24) is 0 Å². The van der Waals surface area contributed by atoms with Gasteiger partial charge in [0.05, 0.1) is 6.21 Å². The number of hydrazone groups is 1. The SMILES string of the molecule is N=C/C(=N\N)[SH](=O)=O. The zero-order valence-electron chi connectivity index (χ0n) is 3.87. The van der Waals surface area contributed by atoms with Crippen molar-refractivity contribution in [3.8, 4) is 0 Å². The average Bonchev–Trinajstić information content (AvgIpc) is 1.69. The summed E-state index contributed by atoms with van der Waals surface area (Å²) in [4.78, 5) is 0. The first-order valence-electron chi connectivity index (χ1n) is 1.65. The summed E-state index contributed by atoms with van der Waals surface area (Å²) in [5, 5.41) is 8.74. The minimum Gasteiger partial charge on any atom is -0.322 e. The van der Waals surface area contributed by atoms with Gasteiger partial charge in [0, 0.05) is 0 Å². The van der Waals surface area contributed by atoms with Crippen LogP contribution < -0.4 is 5.84 Å². The predicted molar refractivity (Wildman–Crippen MR) is 30.7 cm³/mol. The van der Waals surface area contributed by atoms with Crippen LogP contribution in [-0.4, -0.2) is 19.7 Å². The molecule has 0 radical (unpaired) electrons. The average molecular weight is 135 g/mol. The molecule has 0 fully saturated rings. The molecule has 0 aliphatic heterocycles. The highest BCUT2D eigenvalue weighted by Crippen LogP contribution is 1.66. The third-order valence-corrected chi connectivity index (χ3v) is 1.07. The molecule has 0 aromatic rings. The molecule has 0 bridgehead atoms.